The molecule has 5 heteroatoms. The van der Waals surface area contributed by atoms with Crippen molar-refractivity contribution in [2.75, 3.05) is 27.4 Å². The molecule has 2 rings (SSSR count). The Labute approximate surface area is 119 Å². The number of nitrogens with one attached hydrogen (secondary N) is 2. The first kappa shape index (κ1) is 14.8. The molecule has 1 heterocycles. The number of benzene rings is 1. The van der Waals surface area contributed by atoms with E-state index in [1.54, 1.807) is 7.11 Å². The Balaban J connectivity index is 1.96. The van der Waals surface area contributed by atoms with Crippen molar-refractivity contribution in [1.82, 2.24) is 10.6 Å². The van der Waals surface area contributed by atoms with Crippen LogP contribution < -0.4 is 15.4 Å². The van der Waals surface area contributed by atoms with Crippen LogP contribution in [0.3, 0.4) is 0 Å². The second kappa shape index (κ2) is 6.72. The fraction of sp³-hybridized carbons (Fsp3) is 0.533. The zero-order valence-electron chi connectivity index (χ0n) is 12.2. The van der Waals surface area contributed by atoms with Gasteiger partial charge in [-0.1, -0.05) is 12.1 Å². The Bertz CT molecular complexity index is 447. The van der Waals surface area contributed by atoms with Crippen molar-refractivity contribution >= 4 is 5.91 Å². The number of carbonyl (C=O) groups excluding carboxylic acids is 1. The number of ether oxygens (including phenoxy) is 2. The standard InChI is InChI=1S/C15H22N2O3/c1-10(11-4-6-12(19-3)7-5-11)17-15(18)13-8-20-9-14(13)16-2/h4-7,10,13-14,16H,8-9H2,1-3H3,(H,17,18)/t10-,13?,14?/m1/s1. The second-order valence-corrected chi connectivity index (χ2v) is 5.04. The van der Waals surface area contributed by atoms with Gasteiger partial charge < -0.3 is 20.1 Å². The van der Waals surface area contributed by atoms with Crippen LogP contribution in [0, 0.1) is 5.92 Å². The second-order valence-electron chi connectivity index (χ2n) is 5.04. The third-order valence-electron chi connectivity index (χ3n) is 3.76. The highest BCUT2D eigenvalue weighted by molar-refractivity contribution is 5.80. The summed E-state index contributed by atoms with van der Waals surface area (Å²) in [6.07, 6.45) is 0. The van der Waals surface area contributed by atoms with Gasteiger partial charge in [0.15, 0.2) is 0 Å². The average molecular weight is 278 g/mol. The van der Waals surface area contributed by atoms with Gasteiger partial charge in [0.1, 0.15) is 5.75 Å². The molecule has 1 aromatic carbocycles. The van der Waals surface area contributed by atoms with Crippen molar-refractivity contribution in [1.29, 1.82) is 0 Å². The first-order valence-corrected chi connectivity index (χ1v) is 6.85. The molecule has 2 N–H and O–H groups in total. The van der Waals surface area contributed by atoms with Gasteiger partial charge in [-0.3, -0.25) is 4.79 Å². The third kappa shape index (κ3) is 3.29. The summed E-state index contributed by atoms with van der Waals surface area (Å²) in [5.41, 5.74) is 1.05. The quantitative estimate of drug-likeness (QED) is 0.847. The normalized spacial score (nSPS) is 23.4. The van der Waals surface area contributed by atoms with Crippen LogP contribution in [-0.4, -0.2) is 39.3 Å². The van der Waals surface area contributed by atoms with Crippen molar-refractivity contribution in [2.24, 2.45) is 5.92 Å². The molecule has 2 unspecified atom stereocenters. The van der Waals surface area contributed by atoms with Crippen LogP contribution in [0.1, 0.15) is 18.5 Å². The lowest BCUT2D eigenvalue weighted by Crippen LogP contribution is -2.43. The number of hydrogen-bond donors (Lipinski definition) is 2. The molecule has 0 radical (unpaired) electrons. The minimum Gasteiger partial charge on any atom is -0.497 e. The molecule has 1 saturated heterocycles. The molecular weight excluding hydrogens is 256 g/mol. The number of carbonyl (C=O) groups is 1. The Morgan fingerprint density at radius 2 is 2.05 bits per heavy atom. The summed E-state index contributed by atoms with van der Waals surface area (Å²) in [6, 6.07) is 7.78. The van der Waals surface area contributed by atoms with Crippen molar-refractivity contribution in [2.45, 2.75) is 19.0 Å². The van der Waals surface area contributed by atoms with E-state index < -0.39 is 0 Å². The van der Waals surface area contributed by atoms with Gasteiger partial charge in [-0.05, 0) is 31.7 Å². The summed E-state index contributed by atoms with van der Waals surface area (Å²) in [4.78, 5) is 12.3. The summed E-state index contributed by atoms with van der Waals surface area (Å²) in [6.45, 7) is 3.04. The lowest BCUT2D eigenvalue weighted by atomic mass is 10.0. The van der Waals surface area contributed by atoms with Gasteiger partial charge in [0.25, 0.3) is 0 Å². The van der Waals surface area contributed by atoms with Gasteiger partial charge in [-0.25, -0.2) is 0 Å². The molecule has 0 spiro atoms. The molecule has 1 aliphatic heterocycles. The minimum absolute atomic E-state index is 0.0326. The molecule has 1 aliphatic rings. The lowest BCUT2D eigenvalue weighted by Gasteiger charge is -2.20. The topological polar surface area (TPSA) is 59.6 Å². The molecule has 0 bridgehead atoms. The first-order chi connectivity index (χ1) is 9.65. The first-order valence-electron chi connectivity index (χ1n) is 6.85. The van der Waals surface area contributed by atoms with E-state index in [4.69, 9.17) is 9.47 Å². The van der Waals surface area contributed by atoms with E-state index in [-0.39, 0.29) is 23.9 Å². The fourth-order valence-electron chi connectivity index (χ4n) is 2.39. The van der Waals surface area contributed by atoms with Crippen LogP contribution in [0.5, 0.6) is 5.75 Å². The Hall–Kier alpha value is -1.59. The van der Waals surface area contributed by atoms with Crippen LogP contribution in [0.2, 0.25) is 0 Å². The number of rotatable bonds is 5. The molecule has 3 atom stereocenters. The van der Waals surface area contributed by atoms with Gasteiger partial charge in [0.2, 0.25) is 5.91 Å². The van der Waals surface area contributed by atoms with Gasteiger partial charge in [-0.2, -0.15) is 0 Å². The smallest absolute Gasteiger partial charge is 0.227 e. The van der Waals surface area contributed by atoms with E-state index in [0.29, 0.717) is 13.2 Å². The molecule has 1 fully saturated rings. The van der Waals surface area contributed by atoms with E-state index in [1.165, 1.54) is 0 Å². The van der Waals surface area contributed by atoms with Crippen LogP contribution in [0.25, 0.3) is 0 Å². The maximum Gasteiger partial charge on any atom is 0.227 e. The van der Waals surface area contributed by atoms with Gasteiger partial charge >= 0.3 is 0 Å². The van der Waals surface area contributed by atoms with Crippen LogP contribution in [0.15, 0.2) is 24.3 Å². The van der Waals surface area contributed by atoms with Gasteiger partial charge in [0, 0.05) is 6.04 Å². The van der Waals surface area contributed by atoms with Crippen LogP contribution in [0.4, 0.5) is 0 Å². The third-order valence-corrected chi connectivity index (χ3v) is 3.76. The highest BCUT2D eigenvalue weighted by Gasteiger charge is 2.33. The molecule has 5 nitrogen and oxygen atoms in total. The van der Waals surface area contributed by atoms with Crippen molar-refractivity contribution < 1.29 is 14.3 Å². The zero-order chi connectivity index (χ0) is 14.5. The van der Waals surface area contributed by atoms with Crippen molar-refractivity contribution in [3.05, 3.63) is 29.8 Å². The summed E-state index contributed by atoms with van der Waals surface area (Å²) < 4.78 is 10.5. The van der Waals surface area contributed by atoms with Crippen LogP contribution in [-0.2, 0) is 9.53 Å². The summed E-state index contributed by atoms with van der Waals surface area (Å²) >= 11 is 0. The van der Waals surface area contributed by atoms with E-state index in [1.807, 2.05) is 38.2 Å². The average Bonchev–Trinajstić information content (AvgIpc) is 2.95. The van der Waals surface area contributed by atoms with Gasteiger partial charge in [-0.15, -0.1) is 0 Å². The maximum absolute atomic E-state index is 12.3. The summed E-state index contributed by atoms with van der Waals surface area (Å²) in [5, 5.41) is 6.16. The molecule has 0 aromatic heterocycles. The van der Waals surface area contributed by atoms with Crippen molar-refractivity contribution in [3.8, 4) is 5.75 Å². The lowest BCUT2D eigenvalue weighted by molar-refractivity contribution is -0.126. The monoisotopic (exact) mass is 278 g/mol. The molecule has 0 saturated carbocycles. The Kier molecular flexibility index (Phi) is 4.98. The van der Waals surface area contributed by atoms with Crippen molar-refractivity contribution in [3.63, 3.8) is 0 Å². The highest BCUT2D eigenvalue weighted by Crippen LogP contribution is 2.19. The summed E-state index contributed by atoms with van der Waals surface area (Å²) in [5.74, 6) is 0.720. The molecule has 1 amide bonds. The van der Waals surface area contributed by atoms with E-state index >= 15 is 0 Å². The number of methoxy groups -OCH3 is 1. The Morgan fingerprint density at radius 1 is 1.35 bits per heavy atom. The molecule has 20 heavy (non-hydrogen) atoms. The van der Waals surface area contributed by atoms with Crippen LogP contribution >= 0.6 is 0 Å². The predicted octanol–water partition coefficient (Wildman–Crippen LogP) is 1.11. The molecule has 1 aromatic rings. The molecular formula is C15H22N2O3. The fourth-order valence-corrected chi connectivity index (χ4v) is 2.39. The molecule has 0 aliphatic carbocycles. The Morgan fingerprint density at radius 3 is 2.65 bits per heavy atom. The number of likely N-dealkylation sites (N-methyl/N-ethyl adjacent to an activating group) is 1. The SMILES string of the molecule is CNC1COCC1C(=O)N[C@H](C)c1ccc(OC)cc1. The van der Waals surface area contributed by atoms with Gasteiger partial charge in [0.05, 0.1) is 32.3 Å². The zero-order valence-corrected chi connectivity index (χ0v) is 12.2. The summed E-state index contributed by atoms with van der Waals surface area (Å²) in [7, 11) is 3.49. The van der Waals surface area contributed by atoms with E-state index in [9.17, 15) is 4.79 Å². The number of hydrogen-bond acceptors (Lipinski definition) is 4. The predicted molar refractivity (Wildman–Crippen MR) is 76.7 cm³/mol. The van der Waals surface area contributed by atoms with E-state index in [2.05, 4.69) is 10.6 Å². The highest BCUT2D eigenvalue weighted by atomic mass is 16.5. The van der Waals surface area contributed by atoms with E-state index in [0.717, 1.165) is 11.3 Å². The maximum atomic E-state index is 12.3. The molecule has 110 valence electrons. The largest absolute Gasteiger partial charge is 0.497 e. The minimum atomic E-state index is -0.124. The number of amides is 1.